The molecule has 0 saturated carbocycles. The average Bonchev–Trinajstić information content (AvgIpc) is 3.15. The van der Waals surface area contributed by atoms with Crippen molar-refractivity contribution in [3.05, 3.63) is 87.4 Å². The number of carbonyl (C=O) groups excluding carboxylic acids is 2. The topological polar surface area (TPSA) is 85.3 Å². The van der Waals surface area contributed by atoms with Gasteiger partial charge in [-0.15, -0.1) is 0 Å². The Morgan fingerprint density at radius 2 is 1.62 bits per heavy atom. The first-order chi connectivity index (χ1) is 17.7. The van der Waals surface area contributed by atoms with Crippen LogP contribution in [0, 0.1) is 13.8 Å². The second-order valence-corrected chi connectivity index (χ2v) is 9.06. The first-order valence-electron chi connectivity index (χ1n) is 11.7. The highest BCUT2D eigenvalue weighted by atomic mass is 35.5. The number of Topliss-reactive ketones (excluding diaryl/α,β-unsaturated/α-hetero) is 1. The van der Waals surface area contributed by atoms with Gasteiger partial charge < -0.3 is 19.3 Å². The van der Waals surface area contributed by atoms with Crippen molar-refractivity contribution >= 4 is 34.7 Å². The van der Waals surface area contributed by atoms with Gasteiger partial charge in [-0.25, -0.2) is 0 Å². The molecular formula is C29H28ClNO6. The molecule has 3 aromatic rings. The maximum atomic E-state index is 13.5. The molecule has 0 radical (unpaired) electrons. The molecular weight excluding hydrogens is 494 g/mol. The van der Waals surface area contributed by atoms with Crippen molar-refractivity contribution in [3.8, 4) is 17.2 Å². The van der Waals surface area contributed by atoms with Gasteiger partial charge in [-0.2, -0.15) is 0 Å². The van der Waals surface area contributed by atoms with Crippen LogP contribution in [0.3, 0.4) is 0 Å². The molecule has 0 aliphatic carbocycles. The number of methoxy groups -OCH3 is 2. The van der Waals surface area contributed by atoms with E-state index in [1.165, 1.54) is 25.2 Å². The zero-order chi connectivity index (χ0) is 26.9. The Morgan fingerprint density at radius 1 is 0.919 bits per heavy atom. The predicted molar refractivity (Wildman–Crippen MR) is 143 cm³/mol. The number of rotatable bonds is 7. The van der Waals surface area contributed by atoms with E-state index in [-0.39, 0.29) is 16.9 Å². The number of hydrogen-bond acceptors (Lipinski definition) is 6. The Hall–Kier alpha value is -3.97. The van der Waals surface area contributed by atoms with Crippen LogP contribution in [-0.4, -0.2) is 37.6 Å². The molecule has 3 aromatic carbocycles. The third-order valence-corrected chi connectivity index (χ3v) is 6.67. The van der Waals surface area contributed by atoms with Crippen molar-refractivity contribution < 1.29 is 28.9 Å². The van der Waals surface area contributed by atoms with E-state index < -0.39 is 17.7 Å². The number of amides is 1. The number of aliphatic hydroxyl groups is 1. The summed E-state index contributed by atoms with van der Waals surface area (Å²) in [4.78, 5) is 28.4. The lowest BCUT2D eigenvalue weighted by Gasteiger charge is -2.27. The second kappa shape index (κ2) is 10.6. The van der Waals surface area contributed by atoms with Gasteiger partial charge in [0.15, 0.2) is 11.5 Å². The van der Waals surface area contributed by atoms with Crippen LogP contribution in [-0.2, 0) is 9.59 Å². The fourth-order valence-electron chi connectivity index (χ4n) is 4.43. The molecule has 0 spiro atoms. The molecule has 7 nitrogen and oxygen atoms in total. The maximum Gasteiger partial charge on any atom is 0.300 e. The Labute approximate surface area is 220 Å². The number of hydrogen-bond donors (Lipinski definition) is 1. The molecule has 1 heterocycles. The number of carbonyl (C=O) groups is 2. The van der Waals surface area contributed by atoms with E-state index in [0.717, 1.165) is 11.1 Å². The van der Waals surface area contributed by atoms with Crippen molar-refractivity contribution in [2.45, 2.75) is 26.8 Å². The van der Waals surface area contributed by atoms with E-state index in [4.69, 9.17) is 25.8 Å². The van der Waals surface area contributed by atoms with Crippen LogP contribution in [0.4, 0.5) is 5.69 Å². The number of nitrogens with zero attached hydrogens (tertiary/aromatic N) is 1. The Balaban J connectivity index is 2.01. The molecule has 192 valence electrons. The lowest BCUT2D eigenvalue weighted by Crippen LogP contribution is -2.29. The predicted octanol–water partition coefficient (Wildman–Crippen LogP) is 6.00. The molecule has 1 unspecified atom stereocenters. The largest absolute Gasteiger partial charge is 0.507 e. The van der Waals surface area contributed by atoms with Crippen LogP contribution < -0.4 is 19.1 Å². The van der Waals surface area contributed by atoms with E-state index in [9.17, 15) is 14.7 Å². The number of halogens is 1. The van der Waals surface area contributed by atoms with Gasteiger partial charge in [0.25, 0.3) is 11.7 Å². The molecule has 1 N–H and O–H groups in total. The van der Waals surface area contributed by atoms with Gasteiger partial charge in [0.1, 0.15) is 11.5 Å². The van der Waals surface area contributed by atoms with E-state index in [0.29, 0.717) is 40.1 Å². The standard InChI is InChI=1S/C29H28ClNO6/c1-6-37-24-14-18(8-11-23(24)36-5)26-25(27(32)21-15-19(30)9-12-22(21)35-4)28(33)29(34)31(26)20-10-7-16(2)17(3)13-20/h7-15,26,32H,6H2,1-5H3/b27-25+. The number of aryl methyl sites for hydroxylation is 2. The van der Waals surface area contributed by atoms with Gasteiger partial charge in [0.05, 0.1) is 38.0 Å². The normalized spacial score (nSPS) is 16.7. The highest BCUT2D eigenvalue weighted by molar-refractivity contribution is 6.51. The minimum Gasteiger partial charge on any atom is -0.507 e. The number of ether oxygens (including phenoxy) is 3. The quantitative estimate of drug-likeness (QED) is 0.233. The molecule has 1 atom stereocenters. The molecule has 8 heteroatoms. The number of aliphatic hydroxyl groups excluding tert-OH is 1. The zero-order valence-corrected chi connectivity index (χ0v) is 22.1. The molecule has 1 aliphatic heterocycles. The molecule has 0 bridgehead atoms. The summed E-state index contributed by atoms with van der Waals surface area (Å²) in [6.07, 6.45) is 0. The summed E-state index contributed by atoms with van der Waals surface area (Å²) in [5.74, 6) is -0.703. The lowest BCUT2D eigenvalue weighted by molar-refractivity contribution is -0.132. The third kappa shape index (κ3) is 4.74. The molecule has 0 aromatic heterocycles. The molecule has 1 saturated heterocycles. The first kappa shape index (κ1) is 26.1. The van der Waals surface area contributed by atoms with Gasteiger partial charge in [0, 0.05) is 10.7 Å². The van der Waals surface area contributed by atoms with Crippen molar-refractivity contribution in [2.75, 3.05) is 25.7 Å². The zero-order valence-electron chi connectivity index (χ0n) is 21.3. The minimum atomic E-state index is -0.948. The van der Waals surface area contributed by atoms with Crippen LogP contribution in [0.2, 0.25) is 5.02 Å². The van der Waals surface area contributed by atoms with E-state index in [1.807, 2.05) is 32.9 Å². The van der Waals surface area contributed by atoms with Crippen LogP contribution in [0.5, 0.6) is 17.2 Å². The SMILES string of the molecule is CCOc1cc(C2/C(=C(\O)c3cc(Cl)ccc3OC)C(=O)C(=O)N2c2ccc(C)c(C)c2)ccc1OC. The summed E-state index contributed by atoms with van der Waals surface area (Å²) in [6.45, 7) is 6.13. The van der Waals surface area contributed by atoms with Gasteiger partial charge in [-0.3, -0.25) is 14.5 Å². The highest BCUT2D eigenvalue weighted by Gasteiger charge is 2.47. The summed E-state index contributed by atoms with van der Waals surface area (Å²) in [5, 5.41) is 11.8. The van der Waals surface area contributed by atoms with Crippen molar-refractivity contribution in [1.29, 1.82) is 0 Å². The van der Waals surface area contributed by atoms with Crippen LogP contribution in [0.25, 0.3) is 5.76 Å². The summed E-state index contributed by atoms with van der Waals surface area (Å²) in [5.41, 5.74) is 3.21. The summed E-state index contributed by atoms with van der Waals surface area (Å²) in [7, 11) is 2.98. The maximum absolute atomic E-state index is 13.5. The molecule has 1 fully saturated rings. The smallest absolute Gasteiger partial charge is 0.300 e. The van der Waals surface area contributed by atoms with Crippen LogP contribution in [0.1, 0.15) is 35.2 Å². The fraction of sp³-hybridized carbons (Fsp3) is 0.241. The van der Waals surface area contributed by atoms with Crippen molar-refractivity contribution in [3.63, 3.8) is 0 Å². The second-order valence-electron chi connectivity index (χ2n) is 8.63. The van der Waals surface area contributed by atoms with Gasteiger partial charge >= 0.3 is 0 Å². The Morgan fingerprint density at radius 3 is 2.27 bits per heavy atom. The number of anilines is 1. The molecule has 1 amide bonds. The Bertz CT molecular complexity index is 1410. The lowest BCUT2D eigenvalue weighted by atomic mass is 9.94. The van der Waals surface area contributed by atoms with Crippen molar-refractivity contribution in [1.82, 2.24) is 0 Å². The number of ketones is 1. The van der Waals surface area contributed by atoms with Crippen LogP contribution >= 0.6 is 11.6 Å². The fourth-order valence-corrected chi connectivity index (χ4v) is 4.60. The Kier molecular flexibility index (Phi) is 7.45. The monoisotopic (exact) mass is 521 g/mol. The molecule has 37 heavy (non-hydrogen) atoms. The summed E-state index contributed by atoms with van der Waals surface area (Å²) in [6, 6.07) is 14.4. The van der Waals surface area contributed by atoms with E-state index >= 15 is 0 Å². The van der Waals surface area contributed by atoms with E-state index in [2.05, 4.69) is 0 Å². The first-order valence-corrected chi connectivity index (χ1v) is 12.1. The summed E-state index contributed by atoms with van der Waals surface area (Å²) < 4.78 is 16.6. The van der Waals surface area contributed by atoms with Gasteiger partial charge in [-0.1, -0.05) is 23.7 Å². The molecule has 4 rings (SSSR count). The van der Waals surface area contributed by atoms with Crippen molar-refractivity contribution in [2.24, 2.45) is 0 Å². The van der Waals surface area contributed by atoms with Gasteiger partial charge in [-0.05, 0) is 79.9 Å². The van der Waals surface area contributed by atoms with Crippen LogP contribution in [0.15, 0.2) is 60.2 Å². The van der Waals surface area contributed by atoms with E-state index in [1.54, 1.807) is 36.4 Å². The third-order valence-electron chi connectivity index (χ3n) is 6.43. The van der Waals surface area contributed by atoms with Gasteiger partial charge in [0.2, 0.25) is 0 Å². The number of benzene rings is 3. The highest BCUT2D eigenvalue weighted by Crippen LogP contribution is 2.45. The molecule has 1 aliphatic rings. The average molecular weight is 522 g/mol. The summed E-state index contributed by atoms with van der Waals surface area (Å²) >= 11 is 6.21. The minimum absolute atomic E-state index is 0.0867.